The van der Waals surface area contributed by atoms with Crippen molar-refractivity contribution in [2.75, 3.05) is 31.6 Å². The Balaban J connectivity index is 1.59. The summed E-state index contributed by atoms with van der Waals surface area (Å²) < 4.78 is 32.6. The van der Waals surface area contributed by atoms with Gasteiger partial charge in [-0.3, -0.25) is 4.79 Å². The summed E-state index contributed by atoms with van der Waals surface area (Å²) in [6.45, 7) is 3.28. The summed E-state index contributed by atoms with van der Waals surface area (Å²) in [7, 11) is -3.63. The lowest BCUT2D eigenvalue weighted by Gasteiger charge is -2.26. The number of amides is 1. The molecule has 0 spiro atoms. The van der Waals surface area contributed by atoms with Crippen LogP contribution in [0.1, 0.15) is 24.0 Å². The average molecular weight is 435 g/mol. The molecule has 2 fully saturated rings. The lowest BCUT2D eigenvalue weighted by molar-refractivity contribution is -0.118. The highest BCUT2D eigenvalue weighted by molar-refractivity contribution is 7.89. The van der Waals surface area contributed by atoms with Gasteiger partial charge in [-0.25, -0.2) is 8.42 Å². The zero-order valence-electron chi connectivity index (χ0n) is 16.2. The first-order chi connectivity index (χ1) is 13.8. The van der Waals surface area contributed by atoms with Crippen molar-refractivity contribution < 1.29 is 17.9 Å². The van der Waals surface area contributed by atoms with Gasteiger partial charge in [-0.15, -0.1) is 0 Å². The Morgan fingerprint density at radius 1 is 1.14 bits per heavy atom. The zero-order valence-corrected chi connectivity index (χ0v) is 17.7. The summed E-state index contributed by atoms with van der Waals surface area (Å²) in [6.07, 6.45) is 1.48. The first-order valence-corrected chi connectivity index (χ1v) is 11.4. The maximum absolute atomic E-state index is 13.1. The number of hydrogen-bond acceptors (Lipinski definition) is 4. The largest absolute Gasteiger partial charge is 0.379 e. The van der Waals surface area contributed by atoms with Crippen molar-refractivity contribution in [1.82, 2.24) is 4.31 Å². The van der Waals surface area contributed by atoms with Crippen molar-refractivity contribution in [3.63, 3.8) is 0 Å². The monoisotopic (exact) mass is 434 g/mol. The molecule has 0 atom stereocenters. The molecule has 1 aliphatic heterocycles. The highest BCUT2D eigenvalue weighted by Gasteiger charge is 2.51. The molecule has 0 aromatic heterocycles. The SMILES string of the molecule is Cc1ccc(S(=O)(=O)N2CCOCC2)cc1NC(=O)C1(c2cccc(Cl)c2)CC1. The van der Waals surface area contributed by atoms with Crippen molar-refractivity contribution in [1.29, 1.82) is 0 Å². The molecule has 1 N–H and O–H groups in total. The summed E-state index contributed by atoms with van der Waals surface area (Å²) >= 11 is 6.10. The normalized spacial score (nSPS) is 19.0. The van der Waals surface area contributed by atoms with Gasteiger partial charge >= 0.3 is 0 Å². The van der Waals surface area contributed by atoms with Gasteiger partial charge in [0.05, 0.1) is 23.5 Å². The first-order valence-electron chi connectivity index (χ1n) is 9.59. The molecule has 1 saturated carbocycles. The van der Waals surface area contributed by atoms with Crippen LogP contribution in [0.25, 0.3) is 0 Å². The van der Waals surface area contributed by atoms with Gasteiger partial charge in [0.2, 0.25) is 15.9 Å². The number of carbonyl (C=O) groups is 1. The molecule has 1 aliphatic carbocycles. The molecule has 29 heavy (non-hydrogen) atoms. The van der Waals surface area contributed by atoms with Crippen LogP contribution in [0.3, 0.4) is 0 Å². The Morgan fingerprint density at radius 3 is 2.52 bits per heavy atom. The Bertz CT molecular complexity index is 1040. The lowest BCUT2D eigenvalue weighted by Crippen LogP contribution is -2.40. The van der Waals surface area contributed by atoms with E-state index in [1.54, 1.807) is 24.3 Å². The first kappa shape index (κ1) is 20.3. The number of sulfonamides is 1. The van der Waals surface area contributed by atoms with Gasteiger partial charge < -0.3 is 10.1 Å². The third-order valence-corrected chi connectivity index (χ3v) is 7.76. The second-order valence-corrected chi connectivity index (χ2v) is 9.91. The van der Waals surface area contributed by atoms with Gasteiger partial charge in [-0.05, 0) is 55.2 Å². The van der Waals surface area contributed by atoms with Crippen LogP contribution in [0.4, 0.5) is 5.69 Å². The van der Waals surface area contributed by atoms with Crippen molar-refractivity contribution >= 4 is 33.2 Å². The number of ether oxygens (including phenoxy) is 1. The van der Waals surface area contributed by atoms with E-state index < -0.39 is 15.4 Å². The fraction of sp³-hybridized carbons (Fsp3) is 0.381. The summed E-state index contributed by atoms with van der Waals surface area (Å²) in [5.41, 5.74) is 1.60. The number of benzene rings is 2. The molecule has 2 aromatic rings. The number of morpholine rings is 1. The van der Waals surface area contributed by atoms with Crippen LogP contribution in [-0.2, 0) is 25.0 Å². The fourth-order valence-electron chi connectivity index (χ4n) is 3.63. The summed E-state index contributed by atoms with van der Waals surface area (Å²) in [4.78, 5) is 13.3. The Kier molecular flexibility index (Phi) is 5.42. The number of carbonyl (C=O) groups excluding carboxylic acids is 1. The van der Waals surface area contributed by atoms with Crippen molar-refractivity contribution in [3.05, 3.63) is 58.6 Å². The van der Waals surface area contributed by atoms with Crippen LogP contribution in [0, 0.1) is 6.92 Å². The number of nitrogens with zero attached hydrogens (tertiary/aromatic N) is 1. The number of hydrogen-bond donors (Lipinski definition) is 1. The van der Waals surface area contributed by atoms with E-state index in [4.69, 9.17) is 16.3 Å². The maximum Gasteiger partial charge on any atom is 0.243 e. The minimum absolute atomic E-state index is 0.135. The molecule has 0 bridgehead atoms. The minimum Gasteiger partial charge on any atom is -0.379 e. The molecule has 4 rings (SSSR count). The van der Waals surface area contributed by atoms with E-state index in [1.807, 2.05) is 25.1 Å². The minimum atomic E-state index is -3.63. The second kappa shape index (κ2) is 7.72. The topological polar surface area (TPSA) is 75.7 Å². The molecule has 6 nitrogen and oxygen atoms in total. The molecule has 0 radical (unpaired) electrons. The van der Waals surface area contributed by atoms with Gasteiger partial charge in [0.15, 0.2) is 0 Å². The molecular formula is C21H23ClN2O4S. The molecule has 154 valence electrons. The van der Waals surface area contributed by atoms with Crippen LogP contribution in [0.2, 0.25) is 5.02 Å². The molecule has 2 aromatic carbocycles. The number of halogens is 1. The maximum atomic E-state index is 13.1. The summed E-state index contributed by atoms with van der Waals surface area (Å²) in [5.74, 6) is -0.135. The van der Waals surface area contributed by atoms with Crippen LogP contribution in [0.5, 0.6) is 0 Å². The van der Waals surface area contributed by atoms with Crippen molar-refractivity contribution in [2.45, 2.75) is 30.1 Å². The van der Waals surface area contributed by atoms with E-state index in [0.717, 1.165) is 24.0 Å². The highest BCUT2D eigenvalue weighted by atomic mass is 35.5. The number of nitrogens with one attached hydrogen (secondary N) is 1. The van der Waals surface area contributed by atoms with Crippen LogP contribution in [-0.4, -0.2) is 44.9 Å². The third kappa shape index (κ3) is 3.92. The standard InChI is InChI=1S/C21H23ClN2O4S/c1-15-5-6-18(29(26,27)24-9-11-28-12-10-24)14-19(15)23-20(25)21(7-8-21)16-3-2-4-17(22)13-16/h2-6,13-14H,7-12H2,1H3,(H,23,25). The highest BCUT2D eigenvalue weighted by Crippen LogP contribution is 2.49. The molecule has 1 heterocycles. The van der Waals surface area contributed by atoms with E-state index in [0.29, 0.717) is 37.0 Å². The molecule has 1 amide bonds. The van der Waals surface area contributed by atoms with Crippen molar-refractivity contribution in [3.8, 4) is 0 Å². The van der Waals surface area contributed by atoms with Gasteiger partial charge in [-0.1, -0.05) is 29.8 Å². The van der Waals surface area contributed by atoms with Crippen molar-refractivity contribution in [2.24, 2.45) is 0 Å². The van der Waals surface area contributed by atoms with Gasteiger partial charge in [0.25, 0.3) is 0 Å². The molecule has 2 aliphatic rings. The van der Waals surface area contributed by atoms with E-state index in [9.17, 15) is 13.2 Å². The summed E-state index contributed by atoms with van der Waals surface area (Å²) in [5, 5.41) is 3.55. The second-order valence-electron chi connectivity index (χ2n) is 7.54. The zero-order chi connectivity index (χ0) is 20.6. The van der Waals surface area contributed by atoms with Crippen LogP contribution < -0.4 is 5.32 Å². The van der Waals surface area contributed by atoms with E-state index in [-0.39, 0.29) is 10.8 Å². The Morgan fingerprint density at radius 2 is 1.86 bits per heavy atom. The van der Waals surface area contributed by atoms with E-state index in [2.05, 4.69) is 5.32 Å². The van der Waals surface area contributed by atoms with E-state index in [1.165, 1.54) is 4.31 Å². The Labute approximate surface area is 175 Å². The molecular weight excluding hydrogens is 412 g/mol. The van der Waals surface area contributed by atoms with Crippen LogP contribution >= 0.6 is 11.6 Å². The fourth-order valence-corrected chi connectivity index (χ4v) is 5.26. The predicted octanol–water partition coefficient (Wildman–Crippen LogP) is 3.34. The smallest absolute Gasteiger partial charge is 0.243 e. The molecule has 0 unspecified atom stereocenters. The number of rotatable bonds is 5. The quantitative estimate of drug-likeness (QED) is 0.783. The summed E-state index contributed by atoms with van der Waals surface area (Å²) in [6, 6.07) is 12.2. The molecule has 8 heteroatoms. The average Bonchev–Trinajstić information content (AvgIpc) is 3.52. The van der Waals surface area contributed by atoms with E-state index >= 15 is 0 Å². The van der Waals surface area contributed by atoms with Gasteiger partial charge in [0, 0.05) is 23.8 Å². The molecule has 1 saturated heterocycles. The lowest BCUT2D eigenvalue weighted by atomic mass is 9.95. The Hall–Kier alpha value is -1.93. The predicted molar refractivity (Wildman–Crippen MR) is 112 cm³/mol. The van der Waals surface area contributed by atoms with Gasteiger partial charge in [-0.2, -0.15) is 4.31 Å². The number of aryl methyl sites for hydroxylation is 1. The van der Waals surface area contributed by atoms with Gasteiger partial charge in [0.1, 0.15) is 0 Å². The van der Waals surface area contributed by atoms with Crippen LogP contribution in [0.15, 0.2) is 47.4 Å². The third-order valence-electron chi connectivity index (χ3n) is 5.63. The number of anilines is 1.